The predicted molar refractivity (Wildman–Crippen MR) is 108 cm³/mol. The molecule has 0 heterocycles. The number of carboxylic acid groups (broad SMARTS) is 2. The molecule has 0 aromatic carbocycles. The summed E-state index contributed by atoms with van der Waals surface area (Å²) in [4.78, 5) is 25.5. The Morgan fingerprint density at radius 3 is 1.27 bits per heavy atom. The molecule has 6 heteroatoms. The molecular weight excluding hydrogens is 332 g/mol. The third-order valence-corrected chi connectivity index (χ3v) is 4.46. The van der Waals surface area contributed by atoms with Gasteiger partial charge in [0.1, 0.15) is 0 Å². The molecule has 0 atom stereocenters. The van der Waals surface area contributed by atoms with Gasteiger partial charge in [-0.2, -0.15) is 0 Å². The van der Waals surface area contributed by atoms with Gasteiger partial charge in [0.05, 0.1) is 0 Å². The van der Waals surface area contributed by atoms with E-state index in [2.05, 4.69) is 44.1 Å². The van der Waals surface area contributed by atoms with E-state index in [1.165, 1.54) is 6.92 Å². The summed E-state index contributed by atoms with van der Waals surface area (Å²) in [5.41, 5.74) is 1.80. The van der Waals surface area contributed by atoms with Crippen LogP contribution < -0.4 is 0 Å². The standard InChI is InChI=1S/C16H32N2O2.C4H6O2/c1-6-17(7-2)12-10-15(14(5)16(19)20)11-13-18(8-3)9-4;1-3(2)4(5)6/h6-13H2,1-5H3,(H,19,20);1H2,2H3,(H,5,6). The number of hydrogen-bond donors (Lipinski definition) is 2. The molecule has 0 aromatic rings. The summed E-state index contributed by atoms with van der Waals surface area (Å²) >= 11 is 0. The Morgan fingerprint density at radius 2 is 1.08 bits per heavy atom. The second-order valence-corrected chi connectivity index (χ2v) is 6.17. The quantitative estimate of drug-likeness (QED) is 0.512. The van der Waals surface area contributed by atoms with Crippen molar-refractivity contribution in [1.82, 2.24) is 9.80 Å². The highest BCUT2D eigenvalue weighted by Gasteiger charge is 2.12. The van der Waals surface area contributed by atoms with E-state index < -0.39 is 11.9 Å². The lowest BCUT2D eigenvalue weighted by Gasteiger charge is -2.22. The monoisotopic (exact) mass is 370 g/mol. The third kappa shape index (κ3) is 12.7. The van der Waals surface area contributed by atoms with E-state index >= 15 is 0 Å². The fourth-order valence-corrected chi connectivity index (χ4v) is 2.32. The molecule has 0 fully saturated rings. The highest BCUT2D eigenvalue weighted by Crippen LogP contribution is 2.15. The van der Waals surface area contributed by atoms with Gasteiger partial charge < -0.3 is 20.0 Å². The molecule has 2 N–H and O–H groups in total. The van der Waals surface area contributed by atoms with Crippen LogP contribution in [0.3, 0.4) is 0 Å². The van der Waals surface area contributed by atoms with Gasteiger partial charge in [0, 0.05) is 24.2 Å². The topological polar surface area (TPSA) is 81.1 Å². The average molecular weight is 371 g/mol. The summed E-state index contributed by atoms with van der Waals surface area (Å²) in [6.07, 6.45) is 1.72. The molecule has 6 nitrogen and oxygen atoms in total. The Morgan fingerprint density at radius 1 is 0.769 bits per heavy atom. The second kappa shape index (κ2) is 15.6. The number of rotatable bonds is 12. The van der Waals surface area contributed by atoms with E-state index in [1.807, 2.05) is 0 Å². The normalized spacial score (nSPS) is 10.3. The van der Waals surface area contributed by atoms with E-state index in [-0.39, 0.29) is 5.57 Å². The molecule has 0 rings (SSSR count). The van der Waals surface area contributed by atoms with Gasteiger partial charge in [0.15, 0.2) is 0 Å². The number of hydrogen-bond acceptors (Lipinski definition) is 4. The maximum absolute atomic E-state index is 11.2. The molecule has 0 radical (unpaired) electrons. The van der Waals surface area contributed by atoms with Crippen LogP contribution in [0.5, 0.6) is 0 Å². The van der Waals surface area contributed by atoms with Gasteiger partial charge in [-0.05, 0) is 52.9 Å². The molecule has 0 unspecified atom stereocenters. The molecule has 0 aromatic heterocycles. The van der Waals surface area contributed by atoms with Gasteiger partial charge in [0.25, 0.3) is 0 Å². The third-order valence-electron chi connectivity index (χ3n) is 4.46. The molecule has 0 saturated carbocycles. The molecule has 0 aliphatic rings. The fraction of sp³-hybridized carbons (Fsp3) is 0.700. The van der Waals surface area contributed by atoms with Gasteiger partial charge in [-0.15, -0.1) is 0 Å². The number of aliphatic carboxylic acids is 2. The highest BCUT2D eigenvalue weighted by molar-refractivity contribution is 5.86. The smallest absolute Gasteiger partial charge is 0.331 e. The van der Waals surface area contributed by atoms with Gasteiger partial charge in [-0.3, -0.25) is 0 Å². The first-order valence-corrected chi connectivity index (χ1v) is 9.39. The van der Waals surface area contributed by atoms with Crippen molar-refractivity contribution in [3.8, 4) is 0 Å². The lowest BCUT2D eigenvalue weighted by molar-refractivity contribution is -0.133. The zero-order valence-electron chi connectivity index (χ0n) is 17.5. The molecule has 0 bridgehead atoms. The summed E-state index contributed by atoms with van der Waals surface area (Å²) in [5, 5.41) is 17.1. The van der Waals surface area contributed by atoms with Crippen molar-refractivity contribution in [2.75, 3.05) is 39.3 Å². The van der Waals surface area contributed by atoms with Gasteiger partial charge in [0.2, 0.25) is 0 Å². The van der Waals surface area contributed by atoms with Crippen LogP contribution in [0.1, 0.15) is 54.4 Å². The van der Waals surface area contributed by atoms with Crippen molar-refractivity contribution >= 4 is 11.9 Å². The molecule has 0 spiro atoms. The highest BCUT2D eigenvalue weighted by atomic mass is 16.4. The van der Waals surface area contributed by atoms with Crippen molar-refractivity contribution < 1.29 is 19.8 Å². The number of carboxylic acids is 2. The Bertz CT molecular complexity index is 434. The van der Waals surface area contributed by atoms with E-state index in [0.29, 0.717) is 5.57 Å². The summed E-state index contributed by atoms with van der Waals surface area (Å²) in [7, 11) is 0. The first-order valence-electron chi connectivity index (χ1n) is 9.39. The summed E-state index contributed by atoms with van der Waals surface area (Å²) in [6.45, 7) is 20.9. The number of nitrogens with zero attached hydrogens (tertiary/aromatic N) is 2. The maximum Gasteiger partial charge on any atom is 0.331 e. The van der Waals surface area contributed by atoms with E-state index in [1.54, 1.807) is 6.92 Å². The molecule has 0 aliphatic heterocycles. The van der Waals surface area contributed by atoms with Crippen molar-refractivity contribution in [2.24, 2.45) is 0 Å². The lowest BCUT2D eigenvalue weighted by Crippen LogP contribution is -2.27. The summed E-state index contributed by atoms with van der Waals surface area (Å²) in [6, 6.07) is 0. The minimum absolute atomic E-state index is 0.176. The van der Waals surface area contributed by atoms with Gasteiger partial charge >= 0.3 is 11.9 Å². The van der Waals surface area contributed by atoms with E-state index in [0.717, 1.165) is 57.7 Å². The van der Waals surface area contributed by atoms with Crippen LogP contribution in [-0.4, -0.2) is 71.2 Å². The maximum atomic E-state index is 11.2. The SMILES string of the molecule is C=C(C)C(=O)O.CCN(CC)CCC(CCN(CC)CC)=C(C)C(=O)O. The second-order valence-electron chi connectivity index (χ2n) is 6.17. The average Bonchev–Trinajstić information content (AvgIpc) is 2.61. The van der Waals surface area contributed by atoms with Gasteiger partial charge in [-0.25, -0.2) is 9.59 Å². The summed E-state index contributed by atoms with van der Waals surface area (Å²) < 4.78 is 0. The largest absolute Gasteiger partial charge is 0.478 e. The fourth-order valence-electron chi connectivity index (χ4n) is 2.32. The van der Waals surface area contributed by atoms with Crippen LogP contribution in [0.15, 0.2) is 23.3 Å². The first-order chi connectivity index (χ1) is 12.1. The Hall–Kier alpha value is -1.66. The minimum atomic E-state index is -0.935. The van der Waals surface area contributed by atoms with Crippen LogP contribution >= 0.6 is 0 Å². The van der Waals surface area contributed by atoms with E-state index in [4.69, 9.17) is 5.11 Å². The molecule has 152 valence electrons. The zero-order chi connectivity index (χ0) is 20.7. The zero-order valence-corrected chi connectivity index (χ0v) is 17.5. The van der Waals surface area contributed by atoms with Crippen LogP contribution in [0.25, 0.3) is 0 Å². The van der Waals surface area contributed by atoms with Crippen LogP contribution in [0.4, 0.5) is 0 Å². The van der Waals surface area contributed by atoms with Crippen LogP contribution in [0.2, 0.25) is 0 Å². The Balaban J connectivity index is 0. The van der Waals surface area contributed by atoms with Gasteiger partial charge in [-0.1, -0.05) is 39.8 Å². The Labute approximate surface area is 159 Å². The van der Waals surface area contributed by atoms with Crippen LogP contribution in [-0.2, 0) is 9.59 Å². The van der Waals surface area contributed by atoms with Crippen LogP contribution in [0, 0.1) is 0 Å². The molecule has 0 aliphatic carbocycles. The lowest BCUT2D eigenvalue weighted by atomic mass is 10.0. The molecule has 0 saturated heterocycles. The molecule has 0 amide bonds. The predicted octanol–water partition coefficient (Wildman–Crippen LogP) is 3.50. The van der Waals surface area contributed by atoms with Crippen molar-refractivity contribution in [3.63, 3.8) is 0 Å². The molecule has 26 heavy (non-hydrogen) atoms. The van der Waals surface area contributed by atoms with Crippen molar-refractivity contribution in [1.29, 1.82) is 0 Å². The van der Waals surface area contributed by atoms with Crippen molar-refractivity contribution in [2.45, 2.75) is 54.4 Å². The van der Waals surface area contributed by atoms with E-state index in [9.17, 15) is 14.7 Å². The van der Waals surface area contributed by atoms with Crippen molar-refractivity contribution in [3.05, 3.63) is 23.3 Å². The Kier molecular flexibility index (Phi) is 15.9. The molecular formula is C20H38N2O4. The summed E-state index contributed by atoms with van der Waals surface area (Å²) in [5.74, 6) is -1.71. The number of carbonyl (C=O) groups is 2. The first kappa shape index (κ1) is 26.6. The minimum Gasteiger partial charge on any atom is -0.478 e.